The molecule has 0 saturated heterocycles. The van der Waals surface area contributed by atoms with Crippen molar-refractivity contribution in [1.29, 1.82) is 0 Å². The zero-order valence-corrected chi connectivity index (χ0v) is 12.6. The average molecular weight is 274 g/mol. The first-order chi connectivity index (χ1) is 9.46. The van der Waals surface area contributed by atoms with Crippen LogP contribution in [0.25, 0.3) is 11.0 Å². The Morgan fingerprint density at radius 1 is 1.30 bits per heavy atom. The van der Waals surface area contributed by atoms with Gasteiger partial charge in [-0.2, -0.15) is 0 Å². The van der Waals surface area contributed by atoms with Crippen LogP contribution in [0.5, 0.6) is 0 Å². The van der Waals surface area contributed by atoms with Crippen molar-refractivity contribution < 1.29 is 9.90 Å². The number of fused-ring (bicyclic) bond motifs is 1. The van der Waals surface area contributed by atoms with E-state index in [1.54, 1.807) is 12.1 Å². The predicted octanol–water partition coefficient (Wildman–Crippen LogP) is 3.83. The van der Waals surface area contributed by atoms with Gasteiger partial charge in [0.15, 0.2) is 0 Å². The van der Waals surface area contributed by atoms with E-state index in [1.165, 1.54) is 0 Å². The number of hydrogen-bond acceptors (Lipinski definition) is 2. The van der Waals surface area contributed by atoms with Gasteiger partial charge in [-0.15, -0.1) is 0 Å². The van der Waals surface area contributed by atoms with Crippen LogP contribution in [-0.2, 0) is 12.0 Å². The first-order valence-electron chi connectivity index (χ1n) is 7.22. The smallest absolute Gasteiger partial charge is 0.335 e. The molecule has 1 N–H and O–H groups in total. The lowest BCUT2D eigenvalue weighted by molar-refractivity contribution is 0.0697. The lowest BCUT2D eigenvalue weighted by Crippen LogP contribution is -2.30. The topological polar surface area (TPSA) is 55.1 Å². The van der Waals surface area contributed by atoms with Crippen molar-refractivity contribution in [1.82, 2.24) is 9.55 Å². The van der Waals surface area contributed by atoms with Gasteiger partial charge >= 0.3 is 5.97 Å². The fourth-order valence-corrected chi connectivity index (χ4v) is 2.67. The molecule has 2 aromatic rings. The highest BCUT2D eigenvalue weighted by molar-refractivity contribution is 5.92. The summed E-state index contributed by atoms with van der Waals surface area (Å²) in [4.78, 5) is 15.7. The van der Waals surface area contributed by atoms with E-state index in [1.807, 2.05) is 6.07 Å². The van der Waals surface area contributed by atoms with Crippen LogP contribution in [-0.4, -0.2) is 20.6 Å². The third kappa shape index (κ3) is 2.19. The molecule has 1 heterocycles. The molecule has 0 aliphatic rings. The maximum atomic E-state index is 11.1. The molecule has 2 rings (SSSR count). The second-order valence-electron chi connectivity index (χ2n) is 5.43. The fraction of sp³-hybridized carbons (Fsp3) is 0.500. The zero-order chi connectivity index (χ0) is 14.9. The lowest BCUT2D eigenvalue weighted by Gasteiger charge is -2.31. The standard InChI is InChI=1S/C16H22N2O2/c1-5-14-17-12-10-11(15(19)20)8-9-13(12)18(14)16(4,6-2)7-3/h8-10H,5-7H2,1-4H3,(H,19,20). The molecule has 0 aliphatic heterocycles. The molecule has 0 saturated carbocycles. The number of nitrogens with zero attached hydrogens (tertiary/aromatic N) is 2. The summed E-state index contributed by atoms with van der Waals surface area (Å²) in [6, 6.07) is 5.21. The molecule has 1 aromatic heterocycles. The van der Waals surface area contributed by atoms with Crippen LogP contribution in [0.15, 0.2) is 18.2 Å². The number of aryl methyl sites for hydroxylation is 1. The Morgan fingerprint density at radius 2 is 1.95 bits per heavy atom. The first kappa shape index (κ1) is 14.6. The van der Waals surface area contributed by atoms with Crippen molar-refractivity contribution in [2.75, 3.05) is 0 Å². The van der Waals surface area contributed by atoms with Gasteiger partial charge in [-0.05, 0) is 38.0 Å². The van der Waals surface area contributed by atoms with E-state index < -0.39 is 5.97 Å². The van der Waals surface area contributed by atoms with Gasteiger partial charge in [0, 0.05) is 12.0 Å². The Morgan fingerprint density at radius 3 is 2.45 bits per heavy atom. The molecule has 0 amide bonds. The largest absolute Gasteiger partial charge is 0.478 e. The second kappa shape index (κ2) is 5.27. The maximum absolute atomic E-state index is 11.1. The van der Waals surface area contributed by atoms with E-state index in [2.05, 4.69) is 37.2 Å². The lowest BCUT2D eigenvalue weighted by atomic mass is 9.94. The second-order valence-corrected chi connectivity index (χ2v) is 5.43. The van der Waals surface area contributed by atoms with Crippen LogP contribution in [0.1, 0.15) is 56.7 Å². The van der Waals surface area contributed by atoms with E-state index in [-0.39, 0.29) is 5.54 Å². The molecule has 0 spiro atoms. The Bertz CT molecular complexity index is 639. The van der Waals surface area contributed by atoms with Gasteiger partial charge in [-0.3, -0.25) is 0 Å². The van der Waals surface area contributed by atoms with Crippen molar-refractivity contribution in [3.05, 3.63) is 29.6 Å². The number of hydrogen-bond donors (Lipinski definition) is 1. The molecule has 0 atom stereocenters. The summed E-state index contributed by atoms with van der Waals surface area (Å²) in [5.41, 5.74) is 2.11. The Kier molecular flexibility index (Phi) is 3.84. The van der Waals surface area contributed by atoms with E-state index >= 15 is 0 Å². The van der Waals surface area contributed by atoms with E-state index in [0.717, 1.165) is 36.1 Å². The van der Waals surface area contributed by atoms with Crippen LogP contribution < -0.4 is 0 Å². The Hall–Kier alpha value is -1.84. The summed E-state index contributed by atoms with van der Waals surface area (Å²) < 4.78 is 2.29. The van der Waals surface area contributed by atoms with Gasteiger partial charge in [-0.25, -0.2) is 9.78 Å². The monoisotopic (exact) mass is 274 g/mol. The van der Waals surface area contributed by atoms with Crippen LogP contribution in [0.4, 0.5) is 0 Å². The highest BCUT2D eigenvalue weighted by Gasteiger charge is 2.27. The molecule has 0 bridgehead atoms. The number of imidazole rings is 1. The molecule has 0 unspecified atom stereocenters. The summed E-state index contributed by atoms with van der Waals surface area (Å²) in [5, 5.41) is 9.10. The number of carboxylic acids is 1. The minimum atomic E-state index is -0.909. The highest BCUT2D eigenvalue weighted by Crippen LogP contribution is 2.31. The first-order valence-corrected chi connectivity index (χ1v) is 7.22. The van der Waals surface area contributed by atoms with E-state index in [4.69, 9.17) is 5.11 Å². The van der Waals surface area contributed by atoms with Crippen LogP contribution in [0.2, 0.25) is 0 Å². The Balaban J connectivity index is 2.73. The molecule has 4 heteroatoms. The Labute approximate surface area is 119 Å². The molecule has 108 valence electrons. The van der Waals surface area contributed by atoms with Crippen molar-refractivity contribution in [2.24, 2.45) is 0 Å². The minimum absolute atomic E-state index is 0.0187. The summed E-state index contributed by atoms with van der Waals surface area (Å²) in [6.07, 6.45) is 2.87. The zero-order valence-electron chi connectivity index (χ0n) is 12.6. The molecule has 4 nitrogen and oxygen atoms in total. The number of aromatic carboxylic acids is 1. The molecule has 0 fully saturated rings. The fourth-order valence-electron chi connectivity index (χ4n) is 2.67. The van der Waals surface area contributed by atoms with Gasteiger partial charge in [0.1, 0.15) is 5.82 Å². The summed E-state index contributed by atoms with van der Waals surface area (Å²) in [5.74, 6) is 0.113. The number of carboxylic acid groups (broad SMARTS) is 1. The number of benzene rings is 1. The molecule has 1 aromatic carbocycles. The molecule has 0 aliphatic carbocycles. The van der Waals surface area contributed by atoms with Crippen LogP contribution in [0.3, 0.4) is 0 Å². The molecular weight excluding hydrogens is 252 g/mol. The molecule has 0 radical (unpaired) electrons. The molecule has 20 heavy (non-hydrogen) atoms. The van der Waals surface area contributed by atoms with E-state index in [0.29, 0.717) is 5.56 Å². The minimum Gasteiger partial charge on any atom is -0.478 e. The van der Waals surface area contributed by atoms with E-state index in [9.17, 15) is 4.79 Å². The van der Waals surface area contributed by atoms with Gasteiger partial charge in [0.05, 0.1) is 16.6 Å². The van der Waals surface area contributed by atoms with Crippen LogP contribution >= 0.6 is 0 Å². The number of rotatable bonds is 5. The maximum Gasteiger partial charge on any atom is 0.335 e. The SMILES string of the molecule is CCc1nc2cc(C(=O)O)ccc2n1C(C)(CC)CC. The van der Waals surface area contributed by atoms with Crippen molar-refractivity contribution in [3.8, 4) is 0 Å². The van der Waals surface area contributed by atoms with Crippen LogP contribution in [0, 0.1) is 0 Å². The third-order valence-electron chi connectivity index (χ3n) is 4.35. The normalized spacial score (nSPS) is 12.0. The average Bonchev–Trinajstić information content (AvgIpc) is 2.84. The van der Waals surface area contributed by atoms with Crippen molar-refractivity contribution >= 4 is 17.0 Å². The van der Waals surface area contributed by atoms with Gasteiger partial charge in [0.2, 0.25) is 0 Å². The van der Waals surface area contributed by atoms with Gasteiger partial charge < -0.3 is 9.67 Å². The van der Waals surface area contributed by atoms with Crippen molar-refractivity contribution in [3.63, 3.8) is 0 Å². The van der Waals surface area contributed by atoms with Gasteiger partial charge in [0.25, 0.3) is 0 Å². The summed E-state index contributed by atoms with van der Waals surface area (Å²) >= 11 is 0. The number of aromatic nitrogens is 2. The summed E-state index contributed by atoms with van der Waals surface area (Å²) in [7, 11) is 0. The highest BCUT2D eigenvalue weighted by atomic mass is 16.4. The quantitative estimate of drug-likeness (QED) is 0.901. The number of carbonyl (C=O) groups is 1. The van der Waals surface area contributed by atoms with Gasteiger partial charge in [-0.1, -0.05) is 20.8 Å². The third-order valence-corrected chi connectivity index (χ3v) is 4.35. The molecular formula is C16H22N2O2. The summed E-state index contributed by atoms with van der Waals surface area (Å²) in [6.45, 7) is 8.68. The predicted molar refractivity (Wildman–Crippen MR) is 80.3 cm³/mol. The van der Waals surface area contributed by atoms with Crippen molar-refractivity contribution in [2.45, 2.75) is 52.5 Å².